The summed E-state index contributed by atoms with van der Waals surface area (Å²) in [7, 11) is 4.09. The summed E-state index contributed by atoms with van der Waals surface area (Å²) in [6.45, 7) is 7.65. The number of hydrogen-bond acceptors (Lipinski definition) is 5. The molecule has 0 fully saturated rings. The molecule has 5 nitrogen and oxygen atoms in total. The first-order chi connectivity index (χ1) is 9.38. The highest BCUT2D eigenvalue weighted by Crippen LogP contribution is 2.25. The van der Waals surface area contributed by atoms with Gasteiger partial charge in [-0.1, -0.05) is 0 Å². The maximum absolute atomic E-state index is 12.1. The van der Waals surface area contributed by atoms with Crippen LogP contribution in [-0.2, 0) is 6.54 Å². The Morgan fingerprint density at radius 1 is 1.40 bits per heavy atom. The number of nitrogens with one attached hydrogen (secondary N) is 2. The van der Waals surface area contributed by atoms with Gasteiger partial charge >= 0.3 is 0 Å². The zero-order valence-electron chi connectivity index (χ0n) is 12.7. The second-order valence-corrected chi connectivity index (χ2v) is 6.72. The van der Waals surface area contributed by atoms with Crippen LogP contribution in [0.25, 0.3) is 10.2 Å². The fourth-order valence-electron chi connectivity index (χ4n) is 2.27. The van der Waals surface area contributed by atoms with Crippen molar-refractivity contribution in [3.63, 3.8) is 0 Å². The molecule has 0 saturated heterocycles. The van der Waals surface area contributed by atoms with E-state index in [1.54, 1.807) is 11.3 Å². The maximum Gasteiger partial charge on any atom is 0.259 e. The number of nitrogens with zero attached hydrogens (tertiary/aromatic N) is 2. The number of fused-ring (bicyclic) bond motifs is 1. The van der Waals surface area contributed by atoms with Crippen LogP contribution in [0.1, 0.15) is 23.2 Å². The van der Waals surface area contributed by atoms with Gasteiger partial charge in [-0.25, -0.2) is 4.98 Å². The Morgan fingerprint density at radius 3 is 2.75 bits per heavy atom. The molecular formula is C14H22N4OS. The van der Waals surface area contributed by atoms with Crippen molar-refractivity contribution in [3.05, 3.63) is 26.6 Å². The zero-order chi connectivity index (χ0) is 14.9. The van der Waals surface area contributed by atoms with Gasteiger partial charge in [-0.3, -0.25) is 4.79 Å². The summed E-state index contributed by atoms with van der Waals surface area (Å²) in [4.78, 5) is 23.7. The molecule has 0 aromatic carbocycles. The lowest BCUT2D eigenvalue weighted by Gasteiger charge is -2.17. The number of likely N-dealkylation sites (N-methyl/N-ethyl adjacent to an activating group) is 1. The fourth-order valence-corrected chi connectivity index (χ4v) is 3.32. The number of aromatic nitrogens is 2. The normalized spacial score (nSPS) is 13.3. The lowest BCUT2D eigenvalue weighted by molar-refractivity contribution is 0.347. The topological polar surface area (TPSA) is 61.0 Å². The van der Waals surface area contributed by atoms with E-state index < -0.39 is 0 Å². The summed E-state index contributed by atoms with van der Waals surface area (Å²) < 4.78 is 0. The third kappa shape index (κ3) is 3.26. The highest BCUT2D eigenvalue weighted by molar-refractivity contribution is 7.18. The summed E-state index contributed by atoms with van der Waals surface area (Å²) in [6.07, 6.45) is 0. The van der Waals surface area contributed by atoms with Crippen LogP contribution in [0, 0.1) is 13.8 Å². The van der Waals surface area contributed by atoms with Crippen LogP contribution < -0.4 is 10.9 Å². The second-order valence-electron chi connectivity index (χ2n) is 5.52. The van der Waals surface area contributed by atoms with Crippen molar-refractivity contribution in [2.75, 3.05) is 20.6 Å². The van der Waals surface area contributed by atoms with Gasteiger partial charge in [0.05, 0.1) is 11.9 Å². The van der Waals surface area contributed by atoms with Gasteiger partial charge in [0.2, 0.25) is 0 Å². The average molecular weight is 294 g/mol. The summed E-state index contributed by atoms with van der Waals surface area (Å²) in [6, 6.07) is 0.345. The fraction of sp³-hybridized carbons (Fsp3) is 0.571. The molecule has 0 amide bonds. The summed E-state index contributed by atoms with van der Waals surface area (Å²) in [5.41, 5.74) is 1.01. The average Bonchev–Trinajstić information content (AvgIpc) is 2.62. The number of thiophene rings is 1. The van der Waals surface area contributed by atoms with E-state index in [9.17, 15) is 4.79 Å². The molecule has 6 heteroatoms. The highest BCUT2D eigenvalue weighted by atomic mass is 32.1. The van der Waals surface area contributed by atoms with Gasteiger partial charge in [-0.15, -0.1) is 11.3 Å². The molecule has 0 spiro atoms. The Bertz CT molecular complexity index is 659. The molecule has 2 N–H and O–H groups in total. The predicted molar refractivity (Wildman–Crippen MR) is 84.6 cm³/mol. The molecule has 2 heterocycles. The summed E-state index contributed by atoms with van der Waals surface area (Å²) in [5, 5.41) is 4.11. The van der Waals surface area contributed by atoms with Crippen LogP contribution in [0.5, 0.6) is 0 Å². The minimum absolute atomic E-state index is 0.0334. The molecule has 1 unspecified atom stereocenters. The minimum Gasteiger partial charge on any atom is -0.309 e. The van der Waals surface area contributed by atoms with E-state index in [-0.39, 0.29) is 5.56 Å². The molecule has 2 aromatic heterocycles. The number of H-pyrrole nitrogens is 1. The van der Waals surface area contributed by atoms with Crippen molar-refractivity contribution in [1.29, 1.82) is 0 Å². The maximum atomic E-state index is 12.1. The molecule has 0 aliphatic heterocycles. The molecule has 2 rings (SSSR count). The molecule has 0 radical (unpaired) electrons. The van der Waals surface area contributed by atoms with Crippen LogP contribution in [0.2, 0.25) is 0 Å². The molecular weight excluding hydrogens is 272 g/mol. The Kier molecular flexibility index (Phi) is 4.57. The van der Waals surface area contributed by atoms with Gasteiger partial charge in [0, 0.05) is 17.5 Å². The molecule has 0 bridgehead atoms. The van der Waals surface area contributed by atoms with Crippen molar-refractivity contribution in [1.82, 2.24) is 20.2 Å². The number of rotatable bonds is 5. The van der Waals surface area contributed by atoms with E-state index in [4.69, 9.17) is 0 Å². The summed E-state index contributed by atoms with van der Waals surface area (Å²) in [5.74, 6) is 0.703. The Morgan fingerprint density at radius 2 is 2.10 bits per heavy atom. The van der Waals surface area contributed by atoms with Crippen LogP contribution in [0.4, 0.5) is 0 Å². The van der Waals surface area contributed by atoms with Crippen LogP contribution in [0.3, 0.4) is 0 Å². The van der Waals surface area contributed by atoms with E-state index >= 15 is 0 Å². The molecule has 0 aliphatic rings. The van der Waals surface area contributed by atoms with Crippen molar-refractivity contribution in [2.24, 2.45) is 0 Å². The predicted octanol–water partition coefficient (Wildman–Crippen LogP) is 1.64. The smallest absolute Gasteiger partial charge is 0.259 e. The Hall–Kier alpha value is -1.24. The first-order valence-electron chi connectivity index (χ1n) is 6.75. The highest BCUT2D eigenvalue weighted by Gasteiger charge is 2.12. The third-order valence-electron chi connectivity index (χ3n) is 3.35. The van der Waals surface area contributed by atoms with E-state index in [0.29, 0.717) is 18.4 Å². The number of aromatic amines is 1. The molecule has 2 aromatic rings. The molecule has 20 heavy (non-hydrogen) atoms. The van der Waals surface area contributed by atoms with Crippen LogP contribution >= 0.6 is 11.3 Å². The van der Waals surface area contributed by atoms with Gasteiger partial charge in [-0.05, 0) is 40.4 Å². The van der Waals surface area contributed by atoms with Crippen molar-refractivity contribution in [3.8, 4) is 0 Å². The minimum atomic E-state index is -0.0334. The quantitative estimate of drug-likeness (QED) is 0.880. The standard InChI is InChI=1S/C14H22N4OS/c1-8(7-18(4)5)15-6-11-16-13(19)12-9(2)10(3)20-14(12)17-11/h8,15H,6-7H2,1-5H3,(H,16,17,19). The van der Waals surface area contributed by atoms with Gasteiger partial charge in [0.15, 0.2) is 0 Å². The molecule has 0 saturated carbocycles. The van der Waals surface area contributed by atoms with Gasteiger partial charge in [0.1, 0.15) is 10.7 Å². The van der Waals surface area contributed by atoms with E-state index in [1.165, 1.54) is 0 Å². The first-order valence-corrected chi connectivity index (χ1v) is 7.57. The lowest BCUT2D eigenvalue weighted by atomic mass is 10.2. The van der Waals surface area contributed by atoms with Crippen molar-refractivity contribution >= 4 is 21.6 Å². The van der Waals surface area contributed by atoms with E-state index in [1.807, 2.05) is 27.9 Å². The van der Waals surface area contributed by atoms with E-state index in [2.05, 4.69) is 27.1 Å². The van der Waals surface area contributed by atoms with Gasteiger partial charge < -0.3 is 15.2 Å². The molecule has 0 aliphatic carbocycles. The number of hydrogen-bond donors (Lipinski definition) is 2. The van der Waals surface area contributed by atoms with Gasteiger partial charge in [0.25, 0.3) is 5.56 Å². The SMILES string of the molecule is Cc1sc2nc(CNC(C)CN(C)C)[nH]c(=O)c2c1C. The number of aryl methyl sites for hydroxylation is 2. The largest absolute Gasteiger partial charge is 0.309 e. The van der Waals surface area contributed by atoms with Crippen LogP contribution in [-0.4, -0.2) is 41.5 Å². The summed E-state index contributed by atoms with van der Waals surface area (Å²) >= 11 is 1.58. The Balaban J connectivity index is 2.18. The Labute approximate surface area is 123 Å². The lowest BCUT2D eigenvalue weighted by Crippen LogP contribution is -2.36. The zero-order valence-corrected chi connectivity index (χ0v) is 13.5. The molecule has 110 valence electrons. The van der Waals surface area contributed by atoms with E-state index in [0.717, 1.165) is 27.2 Å². The first kappa shape index (κ1) is 15.2. The molecule has 1 atom stereocenters. The van der Waals surface area contributed by atoms with Crippen molar-refractivity contribution < 1.29 is 0 Å². The van der Waals surface area contributed by atoms with Crippen LogP contribution in [0.15, 0.2) is 4.79 Å². The van der Waals surface area contributed by atoms with Crippen molar-refractivity contribution in [2.45, 2.75) is 33.4 Å². The monoisotopic (exact) mass is 294 g/mol. The van der Waals surface area contributed by atoms with Gasteiger partial charge in [-0.2, -0.15) is 0 Å². The third-order valence-corrected chi connectivity index (χ3v) is 4.45. The second kappa shape index (κ2) is 6.03.